The third kappa shape index (κ3) is 4.09. The van der Waals surface area contributed by atoms with E-state index in [-0.39, 0.29) is 31.1 Å². The highest BCUT2D eigenvalue weighted by molar-refractivity contribution is 5.98. The first-order valence-corrected chi connectivity index (χ1v) is 10.5. The highest BCUT2D eigenvalue weighted by Gasteiger charge is 2.47. The van der Waals surface area contributed by atoms with Crippen molar-refractivity contribution in [2.45, 2.75) is 31.2 Å². The summed E-state index contributed by atoms with van der Waals surface area (Å²) < 4.78 is 58.4. The van der Waals surface area contributed by atoms with E-state index in [1.54, 1.807) is 49.6 Å². The molecule has 2 atom stereocenters. The minimum Gasteiger partial charge on any atom is -0.497 e. The molecule has 178 valence electrons. The first-order chi connectivity index (χ1) is 16.3. The van der Waals surface area contributed by atoms with Crippen molar-refractivity contribution < 1.29 is 32.2 Å². The molecule has 11 heteroatoms. The molecular formula is C23H21F3N4O4. The van der Waals surface area contributed by atoms with Gasteiger partial charge in [-0.05, 0) is 35.4 Å². The molecule has 1 aromatic heterocycles. The fourth-order valence-electron chi connectivity index (χ4n) is 4.10. The van der Waals surface area contributed by atoms with E-state index in [0.29, 0.717) is 22.8 Å². The predicted molar refractivity (Wildman–Crippen MR) is 115 cm³/mol. The average Bonchev–Trinajstić information content (AvgIpc) is 3.48. The Morgan fingerprint density at radius 3 is 2.71 bits per heavy atom. The van der Waals surface area contributed by atoms with Crippen LogP contribution in [0.2, 0.25) is 0 Å². The van der Waals surface area contributed by atoms with Crippen molar-refractivity contribution in [1.82, 2.24) is 15.1 Å². The summed E-state index contributed by atoms with van der Waals surface area (Å²) in [6.07, 6.45) is -3.68. The van der Waals surface area contributed by atoms with Crippen LogP contribution in [-0.4, -0.2) is 35.8 Å². The van der Waals surface area contributed by atoms with E-state index in [1.807, 2.05) is 0 Å². The fourth-order valence-corrected chi connectivity index (χ4v) is 4.10. The molecule has 0 radical (unpaired) electrons. The summed E-state index contributed by atoms with van der Waals surface area (Å²) in [7, 11) is 1.55. The Balaban J connectivity index is 1.40. The Morgan fingerprint density at radius 2 is 1.97 bits per heavy atom. The Hall–Kier alpha value is -3.89. The molecule has 0 saturated heterocycles. The second-order valence-electron chi connectivity index (χ2n) is 7.98. The zero-order chi connectivity index (χ0) is 23.9. The number of carbonyl (C=O) groups excluding carboxylic acids is 1. The van der Waals surface area contributed by atoms with Gasteiger partial charge in [0.2, 0.25) is 6.79 Å². The third-order valence-corrected chi connectivity index (χ3v) is 5.89. The number of hydrogen-bond donors (Lipinski definition) is 2. The number of nitrogens with zero attached hydrogens (tertiary/aromatic N) is 2. The van der Waals surface area contributed by atoms with Gasteiger partial charge in [-0.3, -0.25) is 4.79 Å². The van der Waals surface area contributed by atoms with E-state index in [0.717, 1.165) is 16.4 Å². The van der Waals surface area contributed by atoms with Crippen LogP contribution in [0.5, 0.6) is 17.2 Å². The van der Waals surface area contributed by atoms with Crippen molar-refractivity contribution in [1.29, 1.82) is 0 Å². The number of nitrogens with one attached hydrogen (secondary N) is 2. The summed E-state index contributed by atoms with van der Waals surface area (Å²) in [5.74, 6) is 1.17. The van der Waals surface area contributed by atoms with Crippen LogP contribution in [0.3, 0.4) is 0 Å². The Labute approximate surface area is 192 Å². The van der Waals surface area contributed by atoms with Crippen molar-refractivity contribution in [2.75, 3.05) is 19.2 Å². The average molecular weight is 474 g/mol. The summed E-state index contributed by atoms with van der Waals surface area (Å²) >= 11 is 0. The lowest BCUT2D eigenvalue weighted by Gasteiger charge is -2.34. The molecule has 8 nitrogen and oxygen atoms in total. The van der Waals surface area contributed by atoms with Crippen LogP contribution in [-0.2, 0) is 6.54 Å². The SMILES string of the molecule is COc1ccc(CNC(=O)c2cnn3c2NC(c2ccc4c(c2)OCO4)CC3C(F)(F)F)cc1. The molecular weight excluding hydrogens is 453 g/mol. The summed E-state index contributed by atoms with van der Waals surface area (Å²) in [5.41, 5.74) is 1.44. The zero-order valence-corrected chi connectivity index (χ0v) is 18.1. The molecule has 2 aromatic carbocycles. The Morgan fingerprint density at radius 1 is 1.21 bits per heavy atom. The van der Waals surface area contributed by atoms with Crippen LogP contribution >= 0.6 is 0 Å². The molecule has 2 N–H and O–H groups in total. The van der Waals surface area contributed by atoms with Gasteiger partial charge in [0, 0.05) is 13.0 Å². The number of alkyl halides is 3. The fraction of sp³-hybridized carbons (Fsp3) is 0.304. The quantitative estimate of drug-likeness (QED) is 0.576. The summed E-state index contributed by atoms with van der Waals surface area (Å²) in [4.78, 5) is 12.9. The van der Waals surface area contributed by atoms with Gasteiger partial charge >= 0.3 is 6.18 Å². The van der Waals surface area contributed by atoms with Crippen molar-refractivity contribution in [3.05, 3.63) is 65.4 Å². The molecule has 34 heavy (non-hydrogen) atoms. The highest BCUT2D eigenvalue weighted by Crippen LogP contribution is 2.45. The van der Waals surface area contributed by atoms with Crippen LogP contribution in [0.25, 0.3) is 0 Å². The topological polar surface area (TPSA) is 86.6 Å². The maximum Gasteiger partial charge on any atom is 0.410 e. The number of rotatable bonds is 5. The molecule has 0 bridgehead atoms. The third-order valence-electron chi connectivity index (χ3n) is 5.89. The van der Waals surface area contributed by atoms with Crippen LogP contribution in [0.1, 0.15) is 40.0 Å². The Bertz CT molecular complexity index is 1210. The molecule has 1 amide bonds. The summed E-state index contributed by atoms with van der Waals surface area (Å²) in [5, 5.41) is 9.72. The maximum atomic E-state index is 13.9. The molecule has 0 spiro atoms. The molecule has 2 aliphatic rings. The molecule has 2 unspecified atom stereocenters. The van der Waals surface area contributed by atoms with Gasteiger partial charge in [0.15, 0.2) is 17.5 Å². The number of carbonyl (C=O) groups is 1. The van der Waals surface area contributed by atoms with Gasteiger partial charge in [0.05, 0.1) is 19.3 Å². The number of benzene rings is 2. The van der Waals surface area contributed by atoms with E-state index < -0.39 is 24.2 Å². The first-order valence-electron chi connectivity index (χ1n) is 10.5. The zero-order valence-electron chi connectivity index (χ0n) is 18.1. The van der Waals surface area contributed by atoms with Crippen LogP contribution in [0.15, 0.2) is 48.7 Å². The molecule has 2 aliphatic heterocycles. The molecule has 5 rings (SSSR count). The highest BCUT2D eigenvalue weighted by atomic mass is 19.4. The lowest BCUT2D eigenvalue weighted by atomic mass is 9.96. The van der Waals surface area contributed by atoms with Gasteiger partial charge in [0.1, 0.15) is 17.1 Å². The van der Waals surface area contributed by atoms with E-state index in [4.69, 9.17) is 14.2 Å². The number of hydrogen-bond acceptors (Lipinski definition) is 6. The molecule has 0 aliphatic carbocycles. The van der Waals surface area contributed by atoms with Crippen molar-refractivity contribution >= 4 is 11.7 Å². The summed E-state index contributed by atoms with van der Waals surface area (Å²) in [6.45, 7) is 0.259. The minimum absolute atomic E-state index is 0.0171. The number of fused-ring (bicyclic) bond motifs is 2. The van der Waals surface area contributed by atoms with Gasteiger partial charge in [-0.25, -0.2) is 4.68 Å². The normalized spacial score (nSPS) is 18.7. The second kappa shape index (κ2) is 8.47. The second-order valence-corrected chi connectivity index (χ2v) is 7.98. The van der Waals surface area contributed by atoms with Gasteiger partial charge < -0.3 is 24.8 Å². The molecule has 0 saturated carbocycles. The van der Waals surface area contributed by atoms with Crippen LogP contribution < -0.4 is 24.8 Å². The first kappa shape index (κ1) is 21.9. The predicted octanol–water partition coefficient (Wildman–Crippen LogP) is 4.21. The summed E-state index contributed by atoms with van der Waals surface area (Å²) in [6, 6.07) is 9.51. The monoisotopic (exact) mass is 474 g/mol. The lowest BCUT2D eigenvalue weighted by molar-refractivity contribution is -0.173. The number of methoxy groups -OCH3 is 1. The van der Waals surface area contributed by atoms with Crippen molar-refractivity contribution in [3.63, 3.8) is 0 Å². The van der Waals surface area contributed by atoms with Gasteiger partial charge in [-0.15, -0.1) is 0 Å². The lowest BCUT2D eigenvalue weighted by Crippen LogP contribution is -2.36. The van der Waals surface area contributed by atoms with Gasteiger partial charge in [-0.1, -0.05) is 18.2 Å². The van der Waals surface area contributed by atoms with E-state index in [1.165, 1.54) is 0 Å². The van der Waals surface area contributed by atoms with E-state index in [2.05, 4.69) is 15.7 Å². The van der Waals surface area contributed by atoms with E-state index >= 15 is 0 Å². The van der Waals surface area contributed by atoms with Crippen molar-refractivity contribution in [2.24, 2.45) is 0 Å². The van der Waals surface area contributed by atoms with Crippen LogP contribution in [0.4, 0.5) is 19.0 Å². The number of ether oxygens (including phenoxy) is 3. The van der Waals surface area contributed by atoms with Gasteiger partial charge in [-0.2, -0.15) is 18.3 Å². The minimum atomic E-state index is -4.55. The molecule has 0 fully saturated rings. The van der Waals surface area contributed by atoms with E-state index in [9.17, 15) is 18.0 Å². The number of halogens is 3. The van der Waals surface area contributed by atoms with Gasteiger partial charge in [0.25, 0.3) is 5.91 Å². The molecule has 3 aromatic rings. The maximum absolute atomic E-state index is 13.9. The standard InChI is InChI=1S/C23H21F3N4O4/c1-32-15-5-2-13(3-6-15)10-27-22(31)16-11-28-30-20(23(24,25)26)9-17(29-21(16)30)14-4-7-18-19(8-14)34-12-33-18/h2-8,11,17,20,29H,9-10,12H2,1H3,(H,27,31). The Kier molecular flexibility index (Phi) is 5.46. The van der Waals surface area contributed by atoms with Crippen LogP contribution in [0, 0.1) is 0 Å². The molecule has 3 heterocycles. The largest absolute Gasteiger partial charge is 0.497 e. The van der Waals surface area contributed by atoms with Crippen molar-refractivity contribution in [3.8, 4) is 17.2 Å². The smallest absolute Gasteiger partial charge is 0.410 e. The number of aromatic nitrogens is 2. The number of amides is 1. The number of anilines is 1.